The molecular weight excluding hydrogens is 310 g/mol. The Morgan fingerprint density at radius 1 is 1.12 bits per heavy atom. The average Bonchev–Trinajstić information content (AvgIpc) is 3.21. The van der Waals surface area contributed by atoms with Gasteiger partial charge in [-0.15, -0.1) is 0 Å². The first-order valence-corrected chi connectivity index (χ1v) is 8.58. The molecular formula is C20H25N5. The maximum atomic E-state index is 4.62. The summed E-state index contributed by atoms with van der Waals surface area (Å²) < 4.78 is 0. The van der Waals surface area contributed by atoms with Crippen molar-refractivity contribution >= 4 is 16.9 Å². The summed E-state index contributed by atoms with van der Waals surface area (Å²) in [6.07, 6.45) is 11.6. The van der Waals surface area contributed by atoms with E-state index in [0.29, 0.717) is 0 Å². The van der Waals surface area contributed by atoms with Gasteiger partial charge in [0.15, 0.2) is 0 Å². The molecule has 0 saturated carbocycles. The minimum Gasteiger partial charge on any atom is -0.365 e. The van der Waals surface area contributed by atoms with Crippen molar-refractivity contribution in [1.29, 1.82) is 0 Å². The summed E-state index contributed by atoms with van der Waals surface area (Å²) in [7, 11) is 0. The molecule has 130 valence electrons. The maximum absolute atomic E-state index is 4.62. The van der Waals surface area contributed by atoms with Crippen LogP contribution in [-0.2, 0) is 0 Å². The lowest BCUT2D eigenvalue weighted by atomic mass is 10.1. The average molecular weight is 335 g/mol. The first-order valence-electron chi connectivity index (χ1n) is 8.58. The topological polar surface area (TPSA) is 66.5 Å². The van der Waals surface area contributed by atoms with Crippen LogP contribution in [0, 0.1) is 0 Å². The summed E-state index contributed by atoms with van der Waals surface area (Å²) >= 11 is 0. The van der Waals surface area contributed by atoms with Gasteiger partial charge in [0.1, 0.15) is 5.82 Å². The van der Waals surface area contributed by atoms with Gasteiger partial charge in [-0.3, -0.25) is 10.1 Å². The van der Waals surface area contributed by atoms with Crippen LogP contribution < -0.4 is 5.32 Å². The van der Waals surface area contributed by atoms with E-state index in [2.05, 4.69) is 37.6 Å². The van der Waals surface area contributed by atoms with Gasteiger partial charge in [-0.05, 0) is 37.1 Å². The monoisotopic (exact) mass is 335 g/mol. The Bertz CT molecular complexity index is 848. The zero-order valence-corrected chi connectivity index (χ0v) is 15.2. The Kier molecular flexibility index (Phi) is 6.89. The first kappa shape index (κ1) is 18.4. The molecule has 2 heterocycles. The Morgan fingerprint density at radius 3 is 2.64 bits per heavy atom. The van der Waals surface area contributed by atoms with Crippen molar-refractivity contribution in [3.8, 4) is 11.1 Å². The standard InChI is InChI=1S/C18H19N5.C2H6/c1-3-5-13(4-2)9-20-18-12-19-17-8-14(6-7-16(17)23-18)15-10-21-22-11-15;1-2/h3-8,10-12H,9H2,1-2H3,(H,20,23)(H,21,22);1-2H3/b5-3-,13-4+;. The van der Waals surface area contributed by atoms with Gasteiger partial charge in [-0.1, -0.05) is 38.1 Å². The SMILES string of the molecule is C/C=C\C(=C/C)CNc1cnc2cc(-c3cn[nH]c3)ccc2n1.CC. The fourth-order valence-corrected chi connectivity index (χ4v) is 2.35. The van der Waals surface area contributed by atoms with Crippen molar-refractivity contribution in [2.24, 2.45) is 0 Å². The maximum Gasteiger partial charge on any atom is 0.145 e. The number of H-pyrrole nitrogens is 1. The highest BCUT2D eigenvalue weighted by atomic mass is 15.1. The molecule has 3 rings (SSSR count). The number of benzene rings is 1. The highest BCUT2D eigenvalue weighted by molar-refractivity contribution is 5.81. The summed E-state index contributed by atoms with van der Waals surface area (Å²) in [6, 6.07) is 6.04. The third-order valence-electron chi connectivity index (χ3n) is 3.60. The van der Waals surface area contributed by atoms with Crippen molar-refractivity contribution in [2.75, 3.05) is 11.9 Å². The van der Waals surface area contributed by atoms with Crippen molar-refractivity contribution in [1.82, 2.24) is 20.2 Å². The zero-order chi connectivity index (χ0) is 18.1. The lowest BCUT2D eigenvalue weighted by Crippen LogP contribution is -2.05. The van der Waals surface area contributed by atoms with Crippen LogP contribution in [0.5, 0.6) is 0 Å². The van der Waals surface area contributed by atoms with E-state index in [1.807, 2.05) is 58.2 Å². The van der Waals surface area contributed by atoms with Crippen LogP contribution in [-0.4, -0.2) is 26.7 Å². The van der Waals surface area contributed by atoms with E-state index in [9.17, 15) is 0 Å². The van der Waals surface area contributed by atoms with Crippen molar-refractivity contribution in [3.63, 3.8) is 0 Å². The van der Waals surface area contributed by atoms with Crippen LogP contribution in [0.15, 0.2) is 60.6 Å². The third kappa shape index (κ3) is 4.76. The number of anilines is 1. The zero-order valence-electron chi connectivity index (χ0n) is 15.2. The lowest BCUT2D eigenvalue weighted by molar-refractivity contribution is 1.09. The molecule has 0 saturated heterocycles. The number of rotatable bonds is 5. The Hall–Kier alpha value is -2.95. The van der Waals surface area contributed by atoms with Crippen LogP contribution in [0.25, 0.3) is 22.2 Å². The number of aromatic amines is 1. The van der Waals surface area contributed by atoms with E-state index in [4.69, 9.17) is 0 Å². The predicted octanol–water partition coefficient (Wildman–Crippen LogP) is 4.98. The summed E-state index contributed by atoms with van der Waals surface area (Å²) in [5.74, 6) is 0.775. The fraction of sp³-hybridized carbons (Fsp3) is 0.250. The molecule has 0 amide bonds. The van der Waals surface area contributed by atoms with E-state index < -0.39 is 0 Å². The second-order valence-corrected chi connectivity index (χ2v) is 5.16. The number of allylic oxidation sites excluding steroid dienone is 2. The molecule has 0 aliphatic rings. The van der Waals surface area contributed by atoms with Crippen LogP contribution in [0.4, 0.5) is 5.82 Å². The van der Waals surface area contributed by atoms with Gasteiger partial charge < -0.3 is 5.32 Å². The van der Waals surface area contributed by atoms with E-state index in [0.717, 1.165) is 34.5 Å². The summed E-state index contributed by atoms with van der Waals surface area (Å²) in [5, 5.41) is 10.1. The molecule has 2 N–H and O–H groups in total. The molecule has 3 aromatic rings. The first-order chi connectivity index (χ1) is 12.3. The molecule has 25 heavy (non-hydrogen) atoms. The van der Waals surface area contributed by atoms with Gasteiger partial charge in [-0.25, -0.2) is 4.98 Å². The van der Waals surface area contributed by atoms with E-state index in [-0.39, 0.29) is 0 Å². The summed E-state index contributed by atoms with van der Waals surface area (Å²) in [5.41, 5.74) is 5.07. The Labute approximate surface area is 148 Å². The van der Waals surface area contributed by atoms with Gasteiger partial charge >= 0.3 is 0 Å². The van der Waals surface area contributed by atoms with Gasteiger partial charge in [0.25, 0.3) is 0 Å². The number of hydrogen-bond acceptors (Lipinski definition) is 4. The highest BCUT2D eigenvalue weighted by Gasteiger charge is 2.04. The van der Waals surface area contributed by atoms with Gasteiger partial charge in [0, 0.05) is 18.3 Å². The van der Waals surface area contributed by atoms with E-state index in [1.54, 1.807) is 12.4 Å². The van der Waals surface area contributed by atoms with Gasteiger partial charge in [0.2, 0.25) is 0 Å². The molecule has 0 spiro atoms. The lowest BCUT2D eigenvalue weighted by Gasteiger charge is -2.07. The molecule has 0 bridgehead atoms. The molecule has 0 radical (unpaired) electrons. The Morgan fingerprint density at radius 2 is 1.96 bits per heavy atom. The van der Waals surface area contributed by atoms with Crippen molar-refractivity contribution in [2.45, 2.75) is 27.7 Å². The molecule has 0 aliphatic carbocycles. The molecule has 2 aromatic heterocycles. The second-order valence-electron chi connectivity index (χ2n) is 5.16. The smallest absolute Gasteiger partial charge is 0.145 e. The second kappa shape index (κ2) is 9.37. The Balaban J connectivity index is 0.00000109. The minimum atomic E-state index is 0.730. The van der Waals surface area contributed by atoms with Crippen molar-refractivity contribution in [3.05, 3.63) is 60.6 Å². The molecule has 5 heteroatoms. The quantitative estimate of drug-likeness (QED) is 0.645. The minimum absolute atomic E-state index is 0.730. The highest BCUT2D eigenvalue weighted by Crippen LogP contribution is 2.22. The number of fused-ring (bicyclic) bond motifs is 1. The molecule has 0 aliphatic heterocycles. The number of aromatic nitrogens is 4. The number of nitrogens with one attached hydrogen (secondary N) is 2. The van der Waals surface area contributed by atoms with Gasteiger partial charge in [-0.2, -0.15) is 5.10 Å². The third-order valence-corrected chi connectivity index (χ3v) is 3.60. The van der Waals surface area contributed by atoms with E-state index in [1.165, 1.54) is 5.57 Å². The van der Waals surface area contributed by atoms with Crippen LogP contribution in [0.1, 0.15) is 27.7 Å². The van der Waals surface area contributed by atoms with Crippen molar-refractivity contribution < 1.29 is 0 Å². The molecule has 1 aromatic carbocycles. The van der Waals surface area contributed by atoms with Crippen LogP contribution >= 0.6 is 0 Å². The molecule has 5 nitrogen and oxygen atoms in total. The number of hydrogen-bond donors (Lipinski definition) is 2. The number of nitrogens with zero attached hydrogens (tertiary/aromatic N) is 3. The fourth-order valence-electron chi connectivity index (χ4n) is 2.35. The predicted molar refractivity (Wildman–Crippen MR) is 106 cm³/mol. The molecule has 0 atom stereocenters. The largest absolute Gasteiger partial charge is 0.365 e. The van der Waals surface area contributed by atoms with E-state index >= 15 is 0 Å². The normalized spacial score (nSPS) is 11.4. The van der Waals surface area contributed by atoms with Crippen LogP contribution in [0.2, 0.25) is 0 Å². The van der Waals surface area contributed by atoms with Crippen LogP contribution in [0.3, 0.4) is 0 Å². The summed E-state index contributed by atoms with van der Waals surface area (Å²) in [4.78, 5) is 9.12. The molecule has 0 fully saturated rings. The summed E-state index contributed by atoms with van der Waals surface area (Å²) in [6.45, 7) is 8.77. The molecule has 0 unspecified atom stereocenters. The van der Waals surface area contributed by atoms with Gasteiger partial charge in [0.05, 0.1) is 23.4 Å².